The van der Waals surface area contributed by atoms with Crippen molar-refractivity contribution in [1.29, 1.82) is 0 Å². The van der Waals surface area contributed by atoms with Gasteiger partial charge in [0.2, 0.25) is 0 Å². The number of hydrogen-bond donors (Lipinski definition) is 1. The summed E-state index contributed by atoms with van der Waals surface area (Å²) in [6, 6.07) is 5.82. The fourth-order valence-electron chi connectivity index (χ4n) is 2.78. The quantitative estimate of drug-likeness (QED) is 0.858. The Labute approximate surface area is 112 Å². The highest BCUT2D eigenvalue weighted by molar-refractivity contribution is 6.10. The highest BCUT2D eigenvalue weighted by Gasteiger charge is 2.25. The Bertz CT molecular complexity index is 624. The number of benzene rings is 1. The van der Waals surface area contributed by atoms with E-state index in [4.69, 9.17) is 4.74 Å². The molecule has 1 aliphatic heterocycles. The first-order valence-corrected chi connectivity index (χ1v) is 6.61. The standard InChI is InChI=1S/C15H18N2O2/c1-17-9-12(15(18)13-4-3-7-16-13)11-6-5-10(19-2)8-14(11)17/h5-6,8-9,13,16H,3-4,7H2,1-2H3. The summed E-state index contributed by atoms with van der Waals surface area (Å²) in [5.74, 6) is 1.01. The van der Waals surface area contributed by atoms with Crippen molar-refractivity contribution >= 4 is 16.7 Å². The maximum atomic E-state index is 12.5. The van der Waals surface area contributed by atoms with E-state index in [1.807, 2.05) is 36.0 Å². The van der Waals surface area contributed by atoms with Crippen molar-refractivity contribution in [3.8, 4) is 5.75 Å². The molecule has 100 valence electrons. The summed E-state index contributed by atoms with van der Waals surface area (Å²) in [5.41, 5.74) is 1.83. The van der Waals surface area contributed by atoms with Crippen LogP contribution in [0.15, 0.2) is 24.4 Å². The van der Waals surface area contributed by atoms with E-state index in [0.717, 1.165) is 41.6 Å². The van der Waals surface area contributed by atoms with E-state index in [-0.39, 0.29) is 11.8 Å². The predicted octanol–water partition coefficient (Wildman–Crippen LogP) is 2.12. The fourth-order valence-corrected chi connectivity index (χ4v) is 2.78. The first-order valence-electron chi connectivity index (χ1n) is 6.61. The topological polar surface area (TPSA) is 43.3 Å². The molecule has 4 heteroatoms. The van der Waals surface area contributed by atoms with Crippen LogP contribution < -0.4 is 10.1 Å². The smallest absolute Gasteiger partial charge is 0.181 e. The van der Waals surface area contributed by atoms with Crippen LogP contribution in [0.4, 0.5) is 0 Å². The van der Waals surface area contributed by atoms with Crippen LogP contribution in [-0.2, 0) is 7.05 Å². The average molecular weight is 258 g/mol. The lowest BCUT2D eigenvalue weighted by atomic mass is 10.0. The molecule has 1 aliphatic rings. The molecular weight excluding hydrogens is 240 g/mol. The number of Topliss-reactive ketones (excluding diaryl/α,β-unsaturated/α-hetero) is 1. The SMILES string of the molecule is COc1ccc2c(C(=O)C3CCCN3)cn(C)c2c1. The summed E-state index contributed by atoms with van der Waals surface area (Å²) in [4.78, 5) is 12.5. The molecule has 2 heterocycles. The summed E-state index contributed by atoms with van der Waals surface area (Å²) in [7, 11) is 3.61. The number of methoxy groups -OCH3 is 1. The summed E-state index contributed by atoms with van der Waals surface area (Å²) < 4.78 is 7.22. The van der Waals surface area contributed by atoms with Gasteiger partial charge in [0, 0.05) is 30.3 Å². The molecule has 1 atom stereocenters. The number of aromatic nitrogens is 1. The second kappa shape index (κ2) is 4.70. The van der Waals surface area contributed by atoms with Gasteiger partial charge in [-0.1, -0.05) is 0 Å². The zero-order valence-corrected chi connectivity index (χ0v) is 11.3. The molecule has 4 nitrogen and oxygen atoms in total. The number of nitrogens with zero attached hydrogens (tertiary/aromatic N) is 1. The van der Waals surface area contributed by atoms with Crippen molar-refractivity contribution < 1.29 is 9.53 Å². The van der Waals surface area contributed by atoms with Crippen molar-refractivity contribution in [3.63, 3.8) is 0 Å². The normalized spacial score (nSPS) is 18.9. The second-order valence-corrected chi connectivity index (χ2v) is 5.05. The van der Waals surface area contributed by atoms with Crippen LogP contribution >= 0.6 is 0 Å². The van der Waals surface area contributed by atoms with Crippen molar-refractivity contribution in [2.75, 3.05) is 13.7 Å². The Morgan fingerprint density at radius 1 is 1.47 bits per heavy atom. The number of carbonyl (C=O) groups excluding carboxylic acids is 1. The van der Waals surface area contributed by atoms with E-state index in [0.29, 0.717) is 0 Å². The van der Waals surface area contributed by atoms with Crippen molar-refractivity contribution in [3.05, 3.63) is 30.0 Å². The Morgan fingerprint density at radius 3 is 3.00 bits per heavy atom. The first-order chi connectivity index (χ1) is 9.20. The van der Waals surface area contributed by atoms with Gasteiger partial charge >= 0.3 is 0 Å². The molecule has 1 aromatic heterocycles. The molecule has 1 aromatic carbocycles. The molecule has 1 fully saturated rings. The predicted molar refractivity (Wildman–Crippen MR) is 74.8 cm³/mol. The number of rotatable bonds is 3. The Balaban J connectivity index is 2.06. The average Bonchev–Trinajstić information content (AvgIpc) is 3.06. The molecule has 3 rings (SSSR count). The number of ketones is 1. The number of carbonyl (C=O) groups is 1. The van der Waals surface area contributed by atoms with Gasteiger partial charge in [-0.05, 0) is 31.5 Å². The zero-order chi connectivity index (χ0) is 13.4. The Kier molecular flexibility index (Phi) is 3.03. The minimum Gasteiger partial charge on any atom is -0.497 e. The van der Waals surface area contributed by atoms with Crippen LogP contribution in [0.5, 0.6) is 5.75 Å². The monoisotopic (exact) mass is 258 g/mol. The molecule has 19 heavy (non-hydrogen) atoms. The van der Waals surface area contributed by atoms with Gasteiger partial charge in [0.25, 0.3) is 0 Å². The van der Waals surface area contributed by atoms with Gasteiger partial charge in [-0.25, -0.2) is 0 Å². The Hall–Kier alpha value is -1.81. The van der Waals surface area contributed by atoms with Crippen molar-refractivity contribution in [2.24, 2.45) is 7.05 Å². The van der Waals surface area contributed by atoms with Crippen LogP contribution in [0.1, 0.15) is 23.2 Å². The lowest BCUT2D eigenvalue weighted by Crippen LogP contribution is -2.30. The molecular formula is C15H18N2O2. The number of fused-ring (bicyclic) bond motifs is 1. The van der Waals surface area contributed by atoms with Gasteiger partial charge < -0.3 is 14.6 Å². The van der Waals surface area contributed by atoms with Crippen LogP contribution in [0, 0.1) is 0 Å². The maximum absolute atomic E-state index is 12.5. The lowest BCUT2D eigenvalue weighted by Gasteiger charge is -2.07. The van der Waals surface area contributed by atoms with Crippen LogP contribution in [0.3, 0.4) is 0 Å². The van der Waals surface area contributed by atoms with E-state index in [9.17, 15) is 4.79 Å². The maximum Gasteiger partial charge on any atom is 0.181 e. The van der Waals surface area contributed by atoms with Gasteiger partial charge in [-0.3, -0.25) is 4.79 Å². The fraction of sp³-hybridized carbons (Fsp3) is 0.400. The lowest BCUT2D eigenvalue weighted by molar-refractivity contribution is 0.0954. The van der Waals surface area contributed by atoms with E-state index in [1.54, 1.807) is 7.11 Å². The molecule has 1 saturated heterocycles. The molecule has 0 saturated carbocycles. The molecule has 2 aromatic rings. The summed E-state index contributed by atoms with van der Waals surface area (Å²) in [6.45, 7) is 0.939. The third-order valence-electron chi connectivity index (χ3n) is 3.84. The minimum absolute atomic E-state index is 0.0206. The second-order valence-electron chi connectivity index (χ2n) is 5.05. The highest BCUT2D eigenvalue weighted by Crippen LogP contribution is 2.27. The number of nitrogens with one attached hydrogen (secondary N) is 1. The van der Waals surface area contributed by atoms with E-state index in [1.165, 1.54) is 0 Å². The van der Waals surface area contributed by atoms with Gasteiger partial charge in [-0.15, -0.1) is 0 Å². The van der Waals surface area contributed by atoms with Crippen molar-refractivity contribution in [1.82, 2.24) is 9.88 Å². The summed E-state index contributed by atoms with van der Waals surface area (Å²) in [6.07, 6.45) is 3.94. The molecule has 0 spiro atoms. The summed E-state index contributed by atoms with van der Waals surface area (Å²) in [5, 5.41) is 4.27. The van der Waals surface area contributed by atoms with E-state index in [2.05, 4.69) is 5.32 Å². The van der Waals surface area contributed by atoms with Gasteiger partial charge in [0.15, 0.2) is 5.78 Å². The summed E-state index contributed by atoms with van der Waals surface area (Å²) >= 11 is 0. The highest BCUT2D eigenvalue weighted by atomic mass is 16.5. The third kappa shape index (κ3) is 2.02. The number of ether oxygens (including phenoxy) is 1. The third-order valence-corrected chi connectivity index (χ3v) is 3.84. The molecule has 1 N–H and O–H groups in total. The Morgan fingerprint density at radius 2 is 2.32 bits per heavy atom. The minimum atomic E-state index is -0.0206. The molecule has 0 radical (unpaired) electrons. The largest absolute Gasteiger partial charge is 0.497 e. The van der Waals surface area contributed by atoms with E-state index < -0.39 is 0 Å². The van der Waals surface area contributed by atoms with Gasteiger partial charge in [0.05, 0.1) is 18.7 Å². The molecule has 0 bridgehead atoms. The van der Waals surface area contributed by atoms with Gasteiger partial charge in [0.1, 0.15) is 5.75 Å². The molecule has 0 aliphatic carbocycles. The van der Waals surface area contributed by atoms with E-state index >= 15 is 0 Å². The molecule has 1 unspecified atom stereocenters. The van der Waals surface area contributed by atoms with Crippen LogP contribution in [0.25, 0.3) is 10.9 Å². The van der Waals surface area contributed by atoms with Crippen LogP contribution in [-0.4, -0.2) is 30.0 Å². The number of hydrogen-bond acceptors (Lipinski definition) is 3. The van der Waals surface area contributed by atoms with Crippen molar-refractivity contribution in [2.45, 2.75) is 18.9 Å². The van der Waals surface area contributed by atoms with Gasteiger partial charge in [-0.2, -0.15) is 0 Å². The van der Waals surface area contributed by atoms with Crippen LogP contribution in [0.2, 0.25) is 0 Å². The molecule has 0 amide bonds. The first kappa shape index (κ1) is 12.2. The number of aryl methyl sites for hydroxylation is 1. The zero-order valence-electron chi connectivity index (χ0n) is 11.3.